The molecule has 0 bridgehead atoms. The van der Waals surface area contributed by atoms with Crippen LogP contribution in [0.5, 0.6) is 0 Å². The highest BCUT2D eigenvalue weighted by atomic mass is 16.2. The summed E-state index contributed by atoms with van der Waals surface area (Å²) in [5.74, 6) is 0.158. The Labute approximate surface area is 136 Å². The van der Waals surface area contributed by atoms with Gasteiger partial charge < -0.3 is 14.4 Å². The Balaban J connectivity index is 1.92. The molecule has 1 aromatic carbocycles. The Bertz CT molecular complexity index is 763. The summed E-state index contributed by atoms with van der Waals surface area (Å²) in [7, 11) is 1.99. The van der Waals surface area contributed by atoms with E-state index in [-0.39, 0.29) is 11.8 Å². The van der Waals surface area contributed by atoms with Gasteiger partial charge in [-0.25, -0.2) is 0 Å². The van der Waals surface area contributed by atoms with Crippen LogP contribution in [-0.4, -0.2) is 52.4 Å². The van der Waals surface area contributed by atoms with Crippen LogP contribution in [0.2, 0.25) is 0 Å². The molecule has 3 rings (SSSR count). The molecule has 0 radical (unpaired) electrons. The Hall–Kier alpha value is -2.30. The molecule has 23 heavy (non-hydrogen) atoms. The van der Waals surface area contributed by atoms with Gasteiger partial charge in [-0.15, -0.1) is 0 Å². The van der Waals surface area contributed by atoms with Crippen LogP contribution in [0.1, 0.15) is 29.4 Å². The monoisotopic (exact) mass is 313 g/mol. The number of para-hydroxylation sites is 1. The normalized spacial score (nSPS) is 15.8. The third kappa shape index (κ3) is 2.71. The fourth-order valence-corrected chi connectivity index (χ4v) is 3.38. The molecule has 0 spiro atoms. The SMILES string of the molecule is CC(=O)N1CCCN(C(=O)c2c(C)n(C)c3ccccc23)CC1. The van der Waals surface area contributed by atoms with E-state index < -0.39 is 0 Å². The van der Waals surface area contributed by atoms with E-state index >= 15 is 0 Å². The van der Waals surface area contributed by atoms with Crippen LogP contribution in [0.15, 0.2) is 24.3 Å². The van der Waals surface area contributed by atoms with Crippen molar-refractivity contribution in [3.05, 3.63) is 35.5 Å². The number of fused-ring (bicyclic) bond motifs is 1. The molecule has 0 N–H and O–H groups in total. The minimum atomic E-state index is 0.0738. The van der Waals surface area contributed by atoms with Gasteiger partial charge in [0.2, 0.25) is 5.91 Å². The number of rotatable bonds is 1. The van der Waals surface area contributed by atoms with Crippen LogP contribution >= 0.6 is 0 Å². The van der Waals surface area contributed by atoms with Crippen molar-refractivity contribution in [3.63, 3.8) is 0 Å². The van der Waals surface area contributed by atoms with E-state index in [0.717, 1.165) is 35.1 Å². The molecule has 1 aliphatic heterocycles. The number of aromatic nitrogens is 1. The van der Waals surface area contributed by atoms with Gasteiger partial charge in [-0.3, -0.25) is 9.59 Å². The standard InChI is InChI=1S/C18H23N3O2/c1-13-17(15-7-4-5-8-16(15)19(13)3)18(23)21-10-6-9-20(11-12-21)14(2)22/h4-5,7-8H,6,9-12H2,1-3H3. The van der Waals surface area contributed by atoms with Crippen molar-refractivity contribution in [1.29, 1.82) is 0 Å². The van der Waals surface area contributed by atoms with Crippen molar-refractivity contribution >= 4 is 22.7 Å². The predicted octanol–water partition coefficient (Wildman–Crippen LogP) is 2.18. The molecule has 5 heteroatoms. The molecular weight excluding hydrogens is 290 g/mol. The topological polar surface area (TPSA) is 45.6 Å². The van der Waals surface area contributed by atoms with Gasteiger partial charge in [-0.05, 0) is 19.4 Å². The number of carbonyl (C=O) groups excluding carboxylic acids is 2. The summed E-state index contributed by atoms with van der Waals surface area (Å²) in [4.78, 5) is 28.3. The predicted molar refractivity (Wildman–Crippen MR) is 90.4 cm³/mol. The first kappa shape index (κ1) is 15.6. The Kier molecular flexibility index (Phi) is 4.11. The van der Waals surface area contributed by atoms with Crippen LogP contribution < -0.4 is 0 Å². The van der Waals surface area contributed by atoms with Crippen molar-refractivity contribution in [3.8, 4) is 0 Å². The number of amides is 2. The molecule has 2 aromatic rings. The van der Waals surface area contributed by atoms with Gasteiger partial charge in [0, 0.05) is 56.7 Å². The van der Waals surface area contributed by atoms with Crippen molar-refractivity contribution < 1.29 is 9.59 Å². The van der Waals surface area contributed by atoms with Crippen molar-refractivity contribution in [2.24, 2.45) is 7.05 Å². The Morgan fingerprint density at radius 3 is 2.39 bits per heavy atom. The van der Waals surface area contributed by atoms with E-state index in [1.165, 1.54) is 0 Å². The molecule has 2 amide bonds. The largest absolute Gasteiger partial charge is 0.347 e. The molecular formula is C18H23N3O2. The van der Waals surface area contributed by atoms with Crippen LogP contribution in [-0.2, 0) is 11.8 Å². The molecule has 0 saturated carbocycles. The highest BCUT2D eigenvalue weighted by Gasteiger charge is 2.25. The quantitative estimate of drug-likeness (QED) is 0.810. The van der Waals surface area contributed by atoms with Crippen LogP contribution in [0.4, 0.5) is 0 Å². The smallest absolute Gasteiger partial charge is 0.256 e. The number of aryl methyl sites for hydroxylation is 1. The van der Waals surface area contributed by atoms with Gasteiger partial charge in [0.05, 0.1) is 5.56 Å². The van der Waals surface area contributed by atoms with Gasteiger partial charge in [-0.1, -0.05) is 18.2 Å². The first-order valence-electron chi connectivity index (χ1n) is 8.09. The Morgan fingerprint density at radius 1 is 1.00 bits per heavy atom. The summed E-state index contributed by atoms with van der Waals surface area (Å²) in [5.41, 5.74) is 2.86. The summed E-state index contributed by atoms with van der Waals surface area (Å²) in [6, 6.07) is 8.01. The highest BCUT2D eigenvalue weighted by molar-refractivity contribution is 6.08. The van der Waals surface area contributed by atoms with Gasteiger partial charge in [-0.2, -0.15) is 0 Å². The lowest BCUT2D eigenvalue weighted by atomic mass is 10.1. The molecule has 122 valence electrons. The number of hydrogen-bond acceptors (Lipinski definition) is 2. The third-order valence-electron chi connectivity index (χ3n) is 4.84. The summed E-state index contributed by atoms with van der Waals surface area (Å²) in [6.07, 6.45) is 0.829. The summed E-state index contributed by atoms with van der Waals surface area (Å²) in [5, 5.41) is 1.00. The minimum Gasteiger partial charge on any atom is -0.347 e. The Morgan fingerprint density at radius 2 is 1.65 bits per heavy atom. The van der Waals surface area contributed by atoms with E-state index in [0.29, 0.717) is 19.6 Å². The zero-order valence-corrected chi connectivity index (χ0v) is 14.0. The molecule has 0 aliphatic carbocycles. The van der Waals surface area contributed by atoms with E-state index in [1.54, 1.807) is 6.92 Å². The second kappa shape index (κ2) is 6.07. The van der Waals surface area contributed by atoms with Gasteiger partial charge in [0.15, 0.2) is 0 Å². The fourth-order valence-electron chi connectivity index (χ4n) is 3.38. The minimum absolute atomic E-state index is 0.0738. The zero-order valence-electron chi connectivity index (χ0n) is 14.0. The second-order valence-corrected chi connectivity index (χ2v) is 6.19. The van der Waals surface area contributed by atoms with Gasteiger partial charge >= 0.3 is 0 Å². The number of carbonyl (C=O) groups is 2. The number of nitrogens with zero attached hydrogens (tertiary/aromatic N) is 3. The van der Waals surface area contributed by atoms with Crippen LogP contribution in [0.3, 0.4) is 0 Å². The highest BCUT2D eigenvalue weighted by Crippen LogP contribution is 2.26. The molecule has 1 aliphatic rings. The second-order valence-electron chi connectivity index (χ2n) is 6.19. The molecule has 1 aromatic heterocycles. The molecule has 0 atom stereocenters. The van der Waals surface area contributed by atoms with E-state index in [2.05, 4.69) is 4.57 Å². The van der Waals surface area contributed by atoms with Gasteiger partial charge in [0.25, 0.3) is 5.91 Å². The van der Waals surface area contributed by atoms with Crippen molar-refractivity contribution in [2.75, 3.05) is 26.2 Å². The lowest BCUT2D eigenvalue weighted by molar-refractivity contribution is -0.128. The maximum absolute atomic E-state index is 13.1. The lowest BCUT2D eigenvalue weighted by Gasteiger charge is -2.21. The first-order valence-corrected chi connectivity index (χ1v) is 8.09. The number of benzene rings is 1. The number of hydrogen-bond donors (Lipinski definition) is 0. The molecule has 1 saturated heterocycles. The van der Waals surface area contributed by atoms with Crippen molar-refractivity contribution in [2.45, 2.75) is 20.3 Å². The average molecular weight is 313 g/mol. The summed E-state index contributed by atoms with van der Waals surface area (Å²) >= 11 is 0. The lowest BCUT2D eigenvalue weighted by Crippen LogP contribution is -2.36. The van der Waals surface area contributed by atoms with E-state index in [1.807, 2.05) is 48.0 Å². The molecule has 2 heterocycles. The van der Waals surface area contributed by atoms with E-state index in [4.69, 9.17) is 0 Å². The molecule has 1 fully saturated rings. The third-order valence-corrected chi connectivity index (χ3v) is 4.84. The van der Waals surface area contributed by atoms with Crippen LogP contribution in [0.25, 0.3) is 10.9 Å². The molecule has 5 nitrogen and oxygen atoms in total. The average Bonchev–Trinajstić information content (AvgIpc) is 2.73. The van der Waals surface area contributed by atoms with Crippen LogP contribution in [0, 0.1) is 6.92 Å². The van der Waals surface area contributed by atoms with E-state index in [9.17, 15) is 9.59 Å². The zero-order chi connectivity index (χ0) is 16.6. The first-order chi connectivity index (χ1) is 11.0. The maximum atomic E-state index is 13.1. The maximum Gasteiger partial charge on any atom is 0.256 e. The molecule has 0 unspecified atom stereocenters. The summed E-state index contributed by atoms with van der Waals surface area (Å²) < 4.78 is 2.07. The van der Waals surface area contributed by atoms with Gasteiger partial charge in [0.1, 0.15) is 0 Å². The van der Waals surface area contributed by atoms with Crippen molar-refractivity contribution in [1.82, 2.24) is 14.4 Å². The fraction of sp³-hybridized carbons (Fsp3) is 0.444. The summed E-state index contributed by atoms with van der Waals surface area (Å²) in [6.45, 7) is 6.23.